The average molecular weight is 477 g/mol. The number of nitrogens with one attached hydrogen (secondary N) is 1. The van der Waals surface area contributed by atoms with Gasteiger partial charge in [-0.3, -0.25) is 4.98 Å². The molecule has 0 bridgehead atoms. The van der Waals surface area contributed by atoms with Crippen molar-refractivity contribution in [3.05, 3.63) is 48.0 Å². The lowest BCUT2D eigenvalue weighted by Crippen LogP contribution is -2.42. The van der Waals surface area contributed by atoms with E-state index in [1.807, 2.05) is 29.1 Å². The number of esters is 1. The number of hydrogen-bond donors (Lipinski definition) is 2. The van der Waals surface area contributed by atoms with E-state index >= 15 is 0 Å². The summed E-state index contributed by atoms with van der Waals surface area (Å²) >= 11 is 0. The molecule has 4 fully saturated rings. The molecule has 4 unspecified atom stereocenters. The van der Waals surface area contributed by atoms with Gasteiger partial charge in [-0.1, -0.05) is 32.3 Å². The van der Waals surface area contributed by atoms with Crippen LogP contribution in [0.25, 0.3) is 0 Å². The molecule has 186 valence electrons. The Morgan fingerprint density at radius 1 is 1.43 bits per heavy atom. The van der Waals surface area contributed by atoms with E-state index < -0.39 is 12.3 Å². The van der Waals surface area contributed by atoms with Gasteiger partial charge in [-0.15, -0.1) is 0 Å². The van der Waals surface area contributed by atoms with Crippen molar-refractivity contribution in [1.82, 2.24) is 9.55 Å². The van der Waals surface area contributed by atoms with Crippen LogP contribution in [0, 0.1) is 34.5 Å². The monoisotopic (exact) mass is 476 g/mol. The van der Waals surface area contributed by atoms with E-state index in [0.717, 1.165) is 23.3 Å². The molecule has 4 aliphatic carbocycles. The zero-order valence-corrected chi connectivity index (χ0v) is 20.7. The molecule has 0 radical (unpaired) electrons. The minimum absolute atomic E-state index is 0.303. The molecule has 0 amide bonds. The minimum atomic E-state index is -1.05. The first-order chi connectivity index (χ1) is 17.0. The fourth-order valence-corrected chi connectivity index (χ4v) is 8.22. The smallest absolute Gasteiger partial charge is 0.355 e. The van der Waals surface area contributed by atoms with Crippen molar-refractivity contribution in [2.45, 2.75) is 65.3 Å². The Morgan fingerprint density at radius 3 is 3.00 bits per heavy atom. The number of pyridine rings is 1. The van der Waals surface area contributed by atoms with Crippen LogP contribution in [0.15, 0.2) is 41.8 Å². The van der Waals surface area contributed by atoms with Crippen molar-refractivity contribution in [1.29, 1.82) is 0 Å². The quantitative estimate of drug-likeness (QED) is 0.311. The van der Waals surface area contributed by atoms with Crippen LogP contribution in [0.4, 0.5) is 5.69 Å². The number of carbonyl (C=O) groups is 1. The number of carbonyl (C=O) groups excluding carboxylic acids is 1. The molecule has 1 spiro atoms. The van der Waals surface area contributed by atoms with E-state index in [4.69, 9.17) is 4.74 Å². The second kappa shape index (κ2) is 8.47. The second-order valence-corrected chi connectivity index (χ2v) is 11.2. The maximum atomic E-state index is 12.5. The molecule has 7 heteroatoms. The molecule has 2 heterocycles. The lowest BCUT2D eigenvalue weighted by molar-refractivity contribution is 0.0514. The number of aliphatic hydroxyl groups is 1. The number of ether oxygens (including phenoxy) is 1. The predicted molar refractivity (Wildman–Crippen MR) is 134 cm³/mol. The van der Waals surface area contributed by atoms with Gasteiger partial charge in [-0.25, -0.2) is 9.79 Å². The third-order valence-electron chi connectivity index (χ3n) is 9.73. The van der Waals surface area contributed by atoms with Gasteiger partial charge in [0.1, 0.15) is 5.69 Å². The summed E-state index contributed by atoms with van der Waals surface area (Å²) in [5.74, 6) is 2.73. The van der Waals surface area contributed by atoms with Crippen LogP contribution in [-0.4, -0.2) is 39.8 Å². The van der Waals surface area contributed by atoms with Crippen LogP contribution in [-0.2, 0) is 11.3 Å². The van der Waals surface area contributed by atoms with Crippen LogP contribution < -0.4 is 5.32 Å². The topological polar surface area (TPSA) is 88.7 Å². The van der Waals surface area contributed by atoms with Gasteiger partial charge in [0, 0.05) is 37.3 Å². The van der Waals surface area contributed by atoms with Gasteiger partial charge in [0.2, 0.25) is 6.35 Å². The molecule has 0 saturated heterocycles. The highest BCUT2D eigenvalue weighted by Gasteiger charge is 2.86. The molecule has 6 atom stereocenters. The summed E-state index contributed by atoms with van der Waals surface area (Å²) in [6.07, 6.45) is 14.5. The van der Waals surface area contributed by atoms with Crippen molar-refractivity contribution >= 4 is 17.9 Å². The van der Waals surface area contributed by atoms with Gasteiger partial charge in [0.05, 0.1) is 12.3 Å². The molecular weight excluding hydrogens is 440 g/mol. The maximum absolute atomic E-state index is 12.5. The Morgan fingerprint density at radius 2 is 2.29 bits per heavy atom. The highest BCUT2D eigenvalue weighted by molar-refractivity contribution is 5.89. The number of aliphatic imine (C=N–C) groups is 1. The first-order valence-corrected chi connectivity index (χ1v) is 13.2. The summed E-state index contributed by atoms with van der Waals surface area (Å²) < 4.78 is 7.06. The lowest BCUT2D eigenvalue weighted by atomic mass is 9.58. The van der Waals surface area contributed by atoms with Gasteiger partial charge >= 0.3 is 5.97 Å². The molecule has 4 aliphatic rings. The van der Waals surface area contributed by atoms with Crippen LogP contribution in [0.3, 0.4) is 0 Å². The van der Waals surface area contributed by atoms with E-state index in [1.54, 1.807) is 25.4 Å². The standard InChI is InChI=1S/C28H36N4O3/c1-3-35-25(33)23-13-22(17-32(23)16-18-6-5-11-29-14-18)31-26(34)30-15-21-12-20-9-10-27(2)24(28(20,21)27)19-7-4-8-19/h5-6,11,13-15,17,19-21,24,26,31,34H,3-4,7-10,12,16H2,1-2H3/b30-15+/t20-,21?,24?,26?,27-,28?/m1/s1. The molecule has 0 aliphatic heterocycles. The summed E-state index contributed by atoms with van der Waals surface area (Å²) in [6, 6.07) is 5.55. The molecule has 7 nitrogen and oxygen atoms in total. The molecular formula is C28H36N4O3. The summed E-state index contributed by atoms with van der Waals surface area (Å²) in [4.78, 5) is 21.2. The summed E-state index contributed by atoms with van der Waals surface area (Å²) in [7, 11) is 0. The molecule has 2 aromatic heterocycles. The molecule has 4 saturated carbocycles. The number of hydrogen-bond acceptors (Lipinski definition) is 6. The Labute approximate surface area is 207 Å². The number of aromatic nitrogens is 2. The second-order valence-electron chi connectivity index (χ2n) is 11.2. The Bertz CT molecular complexity index is 1130. The van der Waals surface area contributed by atoms with Gasteiger partial charge in [0.25, 0.3) is 0 Å². The zero-order valence-electron chi connectivity index (χ0n) is 20.7. The normalized spacial score (nSPS) is 34.0. The molecule has 0 aromatic carbocycles. The highest BCUT2D eigenvalue weighted by atomic mass is 16.5. The number of nitrogens with zero attached hydrogens (tertiary/aromatic N) is 3. The Balaban J connectivity index is 1.15. The van der Waals surface area contributed by atoms with Crippen LogP contribution in [0.2, 0.25) is 0 Å². The van der Waals surface area contributed by atoms with Crippen molar-refractivity contribution in [3.8, 4) is 0 Å². The third kappa shape index (κ3) is 3.45. The Kier molecular flexibility index (Phi) is 5.51. The van der Waals surface area contributed by atoms with E-state index in [0.29, 0.717) is 41.3 Å². The molecule has 2 aromatic rings. The largest absolute Gasteiger partial charge is 0.461 e. The van der Waals surface area contributed by atoms with Crippen molar-refractivity contribution < 1.29 is 14.6 Å². The molecule has 6 rings (SSSR count). The minimum Gasteiger partial charge on any atom is -0.461 e. The summed E-state index contributed by atoms with van der Waals surface area (Å²) in [5.41, 5.74) is 2.98. The highest BCUT2D eigenvalue weighted by Crippen LogP contribution is 2.90. The fourth-order valence-electron chi connectivity index (χ4n) is 8.22. The first kappa shape index (κ1) is 22.8. The number of anilines is 1. The van der Waals surface area contributed by atoms with E-state index in [-0.39, 0.29) is 0 Å². The third-order valence-corrected chi connectivity index (χ3v) is 9.73. The first-order valence-electron chi connectivity index (χ1n) is 13.2. The van der Waals surface area contributed by atoms with Gasteiger partial charge in [-0.2, -0.15) is 0 Å². The zero-order chi connectivity index (χ0) is 24.2. The number of aliphatic hydroxyl groups excluding tert-OH is 1. The Hall–Kier alpha value is -2.67. The van der Waals surface area contributed by atoms with E-state index in [9.17, 15) is 9.90 Å². The van der Waals surface area contributed by atoms with Crippen molar-refractivity contribution in [3.63, 3.8) is 0 Å². The molecule has 2 N–H and O–H groups in total. The molecule has 35 heavy (non-hydrogen) atoms. The average Bonchev–Trinajstić information content (AvgIpc) is 3.03. The van der Waals surface area contributed by atoms with Gasteiger partial charge in [-0.05, 0) is 72.5 Å². The van der Waals surface area contributed by atoms with Gasteiger partial charge < -0.3 is 19.7 Å². The van der Waals surface area contributed by atoms with Gasteiger partial charge in [0.15, 0.2) is 0 Å². The summed E-state index contributed by atoms with van der Waals surface area (Å²) in [6.45, 7) is 5.10. The SMILES string of the molecule is CCOC(=O)c1cc(NC(O)/N=C/C2C[C@H]3CC[C@]4(C)C(C5CCC5)C234)cn1Cc1cccnc1. The fraction of sp³-hybridized carbons (Fsp3) is 0.607. The lowest BCUT2D eigenvalue weighted by Gasteiger charge is -2.46. The van der Waals surface area contributed by atoms with E-state index in [2.05, 4.69) is 22.2 Å². The van der Waals surface area contributed by atoms with Crippen LogP contribution in [0.1, 0.15) is 68.4 Å². The predicted octanol–water partition coefficient (Wildman–Crippen LogP) is 4.72. The van der Waals surface area contributed by atoms with Crippen molar-refractivity contribution in [2.24, 2.45) is 39.5 Å². The van der Waals surface area contributed by atoms with Crippen LogP contribution >= 0.6 is 0 Å². The van der Waals surface area contributed by atoms with E-state index in [1.165, 1.54) is 38.5 Å². The number of rotatable bonds is 9. The van der Waals surface area contributed by atoms with Crippen molar-refractivity contribution in [2.75, 3.05) is 11.9 Å². The summed E-state index contributed by atoms with van der Waals surface area (Å²) in [5, 5.41) is 13.7. The van der Waals surface area contributed by atoms with Crippen LogP contribution in [0.5, 0.6) is 0 Å². The maximum Gasteiger partial charge on any atom is 0.355 e.